The van der Waals surface area contributed by atoms with Gasteiger partial charge in [-0.25, -0.2) is 18.4 Å². The second kappa shape index (κ2) is 8.65. The highest BCUT2D eigenvalue weighted by atomic mass is 31.3. The highest BCUT2D eigenvalue weighted by Crippen LogP contribution is 2.58. The second-order valence-electron chi connectivity index (χ2n) is 8.12. The molecule has 6 heterocycles. The molecule has 8 N–H and O–H groups in total. The summed E-state index contributed by atoms with van der Waals surface area (Å²) in [6, 6.07) is 0. The molecule has 0 saturated carbocycles. The summed E-state index contributed by atoms with van der Waals surface area (Å²) in [6.45, 7) is -1.62. The molecule has 2 unspecified atom stereocenters. The van der Waals surface area contributed by atoms with Crippen molar-refractivity contribution in [3.8, 4) is 0 Å². The van der Waals surface area contributed by atoms with Crippen molar-refractivity contribution in [2.45, 2.75) is 49.4 Å². The van der Waals surface area contributed by atoms with Gasteiger partial charge >= 0.3 is 7.82 Å². The molecule has 4 aliphatic heterocycles. The van der Waals surface area contributed by atoms with E-state index in [0.717, 1.165) is 4.57 Å². The van der Waals surface area contributed by atoms with Crippen molar-refractivity contribution in [2.24, 2.45) is 0 Å². The van der Waals surface area contributed by atoms with Crippen molar-refractivity contribution in [1.29, 1.82) is 0 Å². The van der Waals surface area contributed by atoms with Crippen LogP contribution in [0.2, 0.25) is 0 Å². The molecule has 2 aromatic rings. The molecule has 0 aliphatic carbocycles. The molecule has 20 heteroatoms. The maximum absolute atomic E-state index is 12.1. The predicted molar refractivity (Wildman–Crippen MR) is 107 cm³/mol. The number of nitrogen functional groups attached to an aromatic ring is 2. The van der Waals surface area contributed by atoms with E-state index in [-0.39, 0.29) is 29.4 Å². The minimum absolute atomic E-state index is 0.0573. The average Bonchev–Trinajstić information content (AvgIpc) is 3.38. The van der Waals surface area contributed by atoms with Gasteiger partial charge in [0.2, 0.25) is 24.2 Å². The Kier molecular flexibility index (Phi) is 6.15. The van der Waals surface area contributed by atoms with Gasteiger partial charge < -0.3 is 50.6 Å². The summed E-state index contributed by atoms with van der Waals surface area (Å²) in [6.07, 6.45) is -8.20. The van der Waals surface area contributed by atoms with Gasteiger partial charge in [-0.05, 0) is 0 Å². The fourth-order valence-corrected chi connectivity index (χ4v) is 6.20. The molecule has 8 bridgehead atoms. The van der Waals surface area contributed by atoms with Crippen molar-refractivity contribution >= 4 is 38.6 Å². The fourth-order valence-electron chi connectivity index (χ4n) is 4.15. The highest BCUT2D eigenvalue weighted by molar-refractivity contribution is 7.60. The molecule has 18 nitrogen and oxygen atoms in total. The SMILES string of the molecule is Nc1nc2c(N)[n+]3cnc2n1[C@H]1C[C@H](O)[C@@H](COP(=O)(O)OP(=O)([O-])OC[C@H]2O[C@@H]3[C@H](O)[C@@H]2O)O1. The molecule has 4 aliphatic rings. The van der Waals surface area contributed by atoms with Gasteiger partial charge in [-0.15, -0.1) is 0 Å². The zero-order valence-electron chi connectivity index (χ0n) is 17.6. The normalized spacial score (nSPS) is 42.5. The number of hydrogen-bond donors (Lipinski definition) is 6. The topological polar surface area (TPSA) is 271 Å². The summed E-state index contributed by atoms with van der Waals surface area (Å²) in [5, 5.41) is 31.2. The van der Waals surface area contributed by atoms with Crippen molar-refractivity contribution in [3.05, 3.63) is 6.33 Å². The fraction of sp³-hybridized carbons (Fsp3) is 0.667. The molecular weight excluding hydrogens is 518 g/mol. The van der Waals surface area contributed by atoms with Crippen LogP contribution in [0.25, 0.3) is 11.2 Å². The van der Waals surface area contributed by atoms with Gasteiger partial charge in [0.1, 0.15) is 30.6 Å². The first-order chi connectivity index (χ1) is 16.4. The second-order valence-corrected chi connectivity index (χ2v) is 11.1. The van der Waals surface area contributed by atoms with Gasteiger partial charge in [0.25, 0.3) is 13.6 Å². The smallest absolute Gasteiger partial charge is 0.478 e. The summed E-state index contributed by atoms with van der Waals surface area (Å²) in [4.78, 5) is 30.3. The third-order valence-electron chi connectivity index (χ3n) is 5.84. The molecule has 2 fully saturated rings. The first kappa shape index (κ1) is 24.9. The first-order valence-corrected chi connectivity index (χ1v) is 13.1. The number of aliphatic hydroxyl groups is 3. The van der Waals surface area contributed by atoms with Gasteiger partial charge in [-0.1, -0.05) is 4.98 Å². The van der Waals surface area contributed by atoms with Crippen LogP contribution in [0.3, 0.4) is 0 Å². The van der Waals surface area contributed by atoms with E-state index in [0.29, 0.717) is 0 Å². The number of phosphoric ester groups is 2. The molecule has 0 spiro atoms. The number of fused-ring (bicyclic) bond motifs is 7. The van der Waals surface area contributed by atoms with Crippen LogP contribution in [-0.4, -0.2) is 78.5 Å². The number of imidazole rings is 1. The van der Waals surface area contributed by atoms with E-state index in [1.54, 1.807) is 0 Å². The summed E-state index contributed by atoms with van der Waals surface area (Å²) in [5.41, 5.74) is 12.5. The highest BCUT2D eigenvalue weighted by Gasteiger charge is 2.48. The third kappa shape index (κ3) is 4.46. The minimum Gasteiger partial charge on any atom is -0.756 e. The summed E-state index contributed by atoms with van der Waals surface area (Å²) < 4.78 is 51.3. The van der Waals surface area contributed by atoms with Crippen molar-refractivity contribution in [2.75, 3.05) is 24.7 Å². The van der Waals surface area contributed by atoms with Crippen molar-refractivity contribution in [1.82, 2.24) is 14.5 Å². The lowest BCUT2D eigenvalue weighted by molar-refractivity contribution is -0.755. The monoisotopic (exact) mass is 540 g/mol. The number of aromatic nitrogens is 4. The lowest BCUT2D eigenvalue weighted by Gasteiger charge is -2.26. The van der Waals surface area contributed by atoms with E-state index >= 15 is 0 Å². The Bertz CT molecular complexity index is 1240. The van der Waals surface area contributed by atoms with Crippen LogP contribution in [0.15, 0.2) is 6.33 Å². The quantitative estimate of drug-likeness (QED) is 0.142. The Balaban J connectivity index is 1.58. The first-order valence-electron chi connectivity index (χ1n) is 10.2. The van der Waals surface area contributed by atoms with Gasteiger partial charge in [-0.2, -0.15) is 0 Å². The summed E-state index contributed by atoms with van der Waals surface area (Å²) >= 11 is 0. The third-order valence-corrected chi connectivity index (χ3v) is 8.41. The number of nitrogens with zero attached hydrogens (tertiary/aromatic N) is 4. The van der Waals surface area contributed by atoms with E-state index in [1.807, 2.05) is 0 Å². The Morgan fingerprint density at radius 3 is 2.57 bits per heavy atom. The van der Waals surface area contributed by atoms with Crippen LogP contribution >= 0.6 is 15.6 Å². The zero-order chi connectivity index (χ0) is 25.3. The molecule has 6 rings (SSSR count). The van der Waals surface area contributed by atoms with Gasteiger partial charge in [0.05, 0.1) is 19.3 Å². The average molecular weight is 540 g/mol. The van der Waals surface area contributed by atoms with E-state index in [4.69, 9.17) is 20.9 Å². The summed E-state index contributed by atoms with van der Waals surface area (Å²) in [7, 11) is -10.7. The lowest BCUT2D eigenvalue weighted by atomic mass is 10.1. The number of aliphatic hydroxyl groups excluding tert-OH is 3. The number of phosphoric acid groups is 2. The standard InChI is InChI=1S/C15H22N6O12P2/c16-12-9-13-18-4-20(12)14-11(24)10(23)7(32-14)3-30-35(27,28)33-34(25,26)29-2-6-5(22)1-8(31-6)21(13)15(17)19-9/h4-8,10-11,14,16,22-24H,1-3H2,(H4,17,19,25,26,27,28)/t5-,6+,7+,8+,10+,11+,14+/m0/s1. The number of rotatable bonds is 0. The maximum Gasteiger partial charge on any atom is 0.478 e. The Hall–Kier alpha value is -1.79. The van der Waals surface area contributed by atoms with Crippen LogP contribution in [0, 0.1) is 0 Å². The number of anilines is 2. The number of nitrogens with two attached hydrogens (primary N) is 2. The van der Waals surface area contributed by atoms with Crippen molar-refractivity contribution in [3.63, 3.8) is 0 Å². The molecule has 194 valence electrons. The minimum atomic E-state index is -5.46. The molecule has 0 amide bonds. The summed E-state index contributed by atoms with van der Waals surface area (Å²) in [5.74, 6) is -0.145. The van der Waals surface area contributed by atoms with Crippen LogP contribution in [-0.2, 0) is 32.0 Å². The van der Waals surface area contributed by atoms with E-state index < -0.39 is 71.8 Å². The van der Waals surface area contributed by atoms with Crippen LogP contribution in [0.4, 0.5) is 11.8 Å². The molecule has 35 heavy (non-hydrogen) atoms. The predicted octanol–water partition coefficient (Wildman–Crippen LogP) is -3.22. The largest absolute Gasteiger partial charge is 0.756 e. The Morgan fingerprint density at radius 2 is 1.83 bits per heavy atom. The van der Waals surface area contributed by atoms with Gasteiger partial charge in [0.15, 0.2) is 5.52 Å². The molecule has 2 saturated heterocycles. The Morgan fingerprint density at radius 1 is 1.11 bits per heavy atom. The van der Waals surface area contributed by atoms with E-state index in [9.17, 15) is 34.2 Å². The molecular formula is C15H22N6O12P2. The van der Waals surface area contributed by atoms with Gasteiger partial charge in [-0.3, -0.25) is 13.7 Å². The molecule has 9 atom stereocenters. The van der Waals surface area contributed by atoms with Gasteiger partial charge in [0, 0.05) is 6.42 Å². The molecule has 0 radical (unpaired) electrons. The van der Waals surface area contributed by atoms with Crippen LogP contribution in [0.5, 0.6) is 0 Å². The van der Waals surface area contributed by atoms with E-state index in [1.165, 1.54) is 10.9 Å². The number of hydrogen-bond acceptors (Lipinski definition) is 15. The van der Waals surface area contributed by atoms with Crippen LogP contribution < -0.4 is 20.9 Å². The van der Waals surface area contributed by atoms with Crippen molar-refractivity contribution < 1.29 is 61.6 Å². The molecule has 2 aromatic heterocycles. The zero-order valence-corrected chi connectivity index (χ0v) is 19.4. The van der Waals surface area contributed by atoms with E-state index in [2.05, 4.69) is 23.3 Å². The lowest BCUT2D eigenvalue weighted by Crippen LogP contribution is -2.48. The maximum atomic E-state index is 12.1. The van der Waals surface area contributed by atoms with Crippen LogP contribution in [0.1, 0.15) is 18.9 Å². The Labute approximate surface area is 195 Å². The molecule has 0 aromatic carbocycles. The number of ether oxygens (including phenoxy) is 2.